The second-order valence-corrected chi connectivity index (χ2v) is 6.78. The number of hydrogen-bond donors (Lipinski definition) is 0. The fraction of sp³-hybridized carbons (Fsp3) is 0.500. The van der Waals surface area contributed by atoms with Gasteiger partial charge in [-0.2, -0.15) is 18.2 Å². The molecule has 6 nitrogen and oxygen atoms in total. The third-order valence-electron chi connectivity index (χ3n) is 5.02. The quantitative estimate of drug-likeness (QED) is 0.819. The van der Waals surface area contributed by atoms with Gasteiger partial charge in [-0.25, -0.2) is 4.98 Å². The predicted octanol–water partition coefficient (Wildman–Crippen LogP) is 2.82. The number of aromatic nitrogens is 3. The Labute approximate surface area is 155 Å². The van der Waals surface area contributed by atoms with Crippen LogP contribution in [-0.4, -0.2) is 54.2 Å². The molecule has 0 amide bonds. The summed E-state index contributed by atoms with van der Waals surface area (Å²) in [5.74, 6) is 1.63. The summed E-state index contributed by atoms with van der Waals surface area (Å²) in [7, 11) is 0. The van der Waals surface area contributed by atoms with Crippen LogP contribution in [-0.2, 0) is 6.18 Å². The Kier molecular flexibility index (Phi) is 4.75. The van der Waals surface area contributed by atoms with Crippen molar-refractivity contribution in [1.29, 1.82) is 0 Å². The molecule has 2 aliphatic rings. The van der Waals surface area contributed by atoms with Gasteiger partial charge in [0.25, 0.3) is 0 Å². The summed E-state index contributed by atoms with van der Waals surface area (Å²) in [6.07, 6.45) is 0.934. The van der Waals surface area contributed by atoms with E-state index in [4.69, 9.17) is 0 Å². The molecule has 0 radical (unpaired) electrons. The van der Waals surface area contributed by atoms with E-state index >= 15 is 0 Å². The zero-order chi connectivity index (χ0) is 18.9. The summed E-state index contributed by atoms with van der Waals surface area (Å²) in [6.45, 7) is 4.58. The van der Waals surface area contributed by atoms with Gasteiger partial charge >= 0.3 is 6.18 Å². The molecule has 2 fully saturated rings. The zero-order valence-corrected chi connectivity index (χ0v) is 14.9. The zero-order valence-electron chi connectivity index (χ0n) is 14.9. The van der Waals surface area contributed by atoms with Gasteiger partial charge in [-0.1, -0.05) is 0 Å². The van der Waals surface area contributed by atoms with Crippen molar-refractivity contribution >= 4 is 17.5 Å². The van der Waals surface area contributed by atoms with Gasteiger partial charge < -0.3 is 14.7 Å². The molecule has 4 heterocycles. The lowest BCUT2D eigenvalue weighted by atomic mass is 10.2. The Morgan fingerprint density at radius 2 is 1.44 bits per heavy atom. The van der Waals surface area contributed by atoms with Gasteiger partial charge in [0.2, 0.25) is 5.95 Å². The fourth-order valence-corrected chi connectivity index (χ4v) is 3.55. The van der Waals surface area contributed by atoms with Crippen molar-refractivity contribution in [2.24, 2.45) is 0 Å². The standard InChI is InChI=1S/C18H21F3N6/c19-18(20,21)15-13-14(3-5-22-15)25-9-11-27(12-10-25)17-23-6-4-16(24-17)26-7-1-2-8-26/h3-6,13H,1-2,7-12H2. The van der Waals surface area contributed by atoms with Crippen molar-refractivity contribution in [2.45, 2.75) is 19.0 Å². The van der Waals surface area contributed by atoms with Gasteiger partial charge in [-0.3, -0.25) is 4.98 Å². The molecule has 2 aliphatic heterocycles. The summed E-state index contributed by atoms with van der Waals surface area (Å²) >= 11 is 0. The van der Waals surface area contributed by atoms with E-state index in [0.29, 0.717) is 37.8 Å². The number of rotatable bonds is 3. The normalized spacial score (nSPS) is 18.3. The lowest BCUT2D eigenvalue weighted by Gasteiger charge is -2.36. The summed E-state index contributed by atoms with van der Waals surface area (Å²) in [5.41, 5.74) is -0.312. The highest BCUT2D eigenvalue weighted by molar-refractivity contribution is 5.50. The monoisotopic (exact) mass is 378 g/mol. The highest BCUT2D eigenvalue weighted by Crippen LogP contribution is 2.30. The minimum absolute atomic E-state index is 0.545. The maximum atomic E-state index is 12.9. The molecular weight excluding hydrogens is 357 g/mol. The first-order valence-corrected chi connectivity index (χ1v) is 9.12. The maximum Gasteiger partial charge on any atom is 0.433 e. The molecule has 0 bridgehead atoms. The van der Waals surface area contributed by atoms with Crippen LogP contribution >= 0.6 is 0 Å². The molecule has 0 atom stereocenters. The van der Waals surface area contributed by atoms with E-state index in [1.54, 1.807) is 12.3 Å². The number of nitrogens with zero attached hydrogens (tertiary/aromatic N) is 6. The van der Waals surface area contributed by atoms with Crippen molar-refractivity contribution < 1.29 is 13.2 Å². The topological polar surface area (TPSA) is 48.4 Å². The van der Waals surface area contributed by atoms with E-state index < -0.39 is 11.9 Å². The summed E-state index contributed by atoms with van der Waals surface area (Å²) in [6, 6.07) is 4.66. The molecule has 9 heteroatoms. The second kappa shape index (κ2) is 7.21. The predicted molar refractivity (Wildman–Crippen MR) is 97.1 cm³/mol. The third kappa shape index (κ3) is 3.91. The van der Waals surface area contributed by atoms with E-state index in [2.05, 4.69) is 24.8 Å². The Hall–Kier alpha value is -2.58. The molecule has 0 aliphatic carbocycles. The Morgan fingerprint density at radius 1 is 0.778 bits per heavy atom. The molecule has 0 saturated carbocycles. The van der Waals surface area contributed by atoms with Gasteiger partial charge in [0.1, 0.15) is 11.5 Å². The fourth-order valence-electron chi connectivity index (χ4n) is 3.55. The molecule has 2 aromatic heterocycles. The van der Waals surface area contributed by atoms with Crippen molar-refractivity contribution in [3.8, 4) is 0 Å². The first kappa shape index (κ1) is 17.8. The van der Waals surface area contributed by atoms with Crippen LogP contribution in [0.25, 0.3) is 0 Å². The van der Waals surface area contributed by atoms with Crippen molar-refractivity contribution in [3.63, 3.8) is 0 Å². The molecule has 144 valence electrons. The van der Waals surface area contributed by atoms with E-state index in [-0.39, 0.29) is 0 Å². The second-order valence-electron chi connectivity index (χ2n) is 6.78. The van der Waals surface area contributed by atoms with Crippen LogP contribution in [0.1, 0.15) is 18.5 Å². The number of pyridine rings is 1. The Bertz CT molecular complexity index is 783. The number of anilines is 3. The first-order valence-electron chi connectivity index (χ1n) is 9.12. The molecule has 0 aromatic carbocycles. The van der Waals surface area contributed by atoms with Crippen LogP contribution in [0.15, 0.2) is 30.6 Å². The summed E-state index contributed by atoms with van der Waals surface area (Å²) < 4.78 is 38.6. The molecule has 2 aromatic rings. The summed E-state index contributed by atoms with van der Waals surface area (Å²) in [4.78, 5) is 18.8. The number of alkyl halides is 3. The lowest BCUT2D eigenvalue weighted by Crippen LogP contribution is -2.47. The van der Waals surface area contributed by atoms with Crippen LogP contribution < -0.4 is 14.7 Å². The van der Waals surface area contributed by atoms with E-state index in [1.807, 2.05) is 11.0 Å². The minimum Gasteiger partial charge on any atom is -0.368 e. The van der Waals surface area contributed by atoms with E-state index in [1.165, 1.54) is 19.0 Å². The average molecular weight is 378 g/mol. The van der Waals surface area contributed by atoms with Crippen LogP contribution in [0.2, 0.25) is 0 Å². The molecule has 2 saturated heterocycles. The highest BCUT2D eigenvalue weighted by atomic mass is 19.4. The molecular formula is C18H21F3N6. The largest absolute Gasteiger partial charge is 0.433 e. The van der Waals surface area contributed by atoms with Gasteiger partial charge in [-0.05, 0) is 31.0 Å². The average Bonchev–Trinajstić information content (AvgIpc) is 3.23. The van der Waals surface area contributed by atoms with Crippen LogP contribution in [0.4, 0.5) is 30.6 Å². The van der Waals surface area contributed by atoms with Crippen LogP contribution in [0.5, 0.6) is 0 Å². The number of piperazine rings is 1. The number of hydrogen-bond acceptors (Lipinski definition) is 6. The minimum atomic E-state index is -4.43. The van der Waals surface area contributed by atoms with E-state index in [0.717, 1.165) is 25.0 Å². The van der Waals surface area contributed by atoms with Gasteiger partial charge in [0.05, 0.1) is 0 Å². The molecule has 0 N–H and O–H groups in total. The Balaban J connectivity index is 1.43. The van der Waals surface area contributed by atoms with Crippen LogP contribution in [0.3, 0.4) is 0 Å². The van der Waals surface area contributed by atoms with Crippen molar-refractivity contribution in [1.82, 2.24) is 15.0 Å². The SMILES string of the molecule is FC(F)(F)c1cc(N2CCN(c3nccc(N4CCCC4)n3)CC2)ccn1. The van der Waals surface area contributed by atoms with Gasteiger partial charge in [0, 0.05) is 57.3 Å². The summed E-state index contributed by atoms with van der Waals surface area (Å²) in [5, 5.41) is 0. The maximum absolute atomic E-state index is 12.9. The molecule has 0 unspecified atom stereocenters. The molecule has 4 rings (SSSR count). The van der Waals surface area contributed by atoms with Gasteiger partial charge in [-0.15, -0.1) is 0 Å². The van der Waals surface area contributed by atoms with E-state index in [9.17, 15) is 13.2 Å². The number of halogens is 3. The van der Waals surface area contributed by atoms with Crippen LogP contribution in [0, 0.1) is 0 Å². The van der Waals surface area contributed by atoms with Crippen molar-refractivity contribution in [3.05, 3.63) is 36.3 Å². The van der Waals surface area contributed by atoms with Gasteiger partial charge in [0.15, 0.2) is 0 Å². The highest BCUT2D eigenvalue weighted by Gasteiger charge is 2.33. The smallest absolute Gasteiger partial charge is 0.368 e. The molecule has 27 heavy (non-hydrogen) atoms. The first-order chi connectivity index (χ1) is 13.0. The third-order valence-corrected chi connectivity index (χ3v) is 5.02. The Morgan fingerprint density at radius 3 is 2.15 bits per heavy atom. The van der Waals surface area contributed by atoms with Crippen molar-refractivity contribution in [2.75, 3.05) is 54.0 Å². The molecule has 0 spiro atoms. The lowest BCUT2D eigenvalue weighted by molar-refractivity contribution is -0.141.